The molecule has 0 atom stereocenters. The van der Waals surface area contributed by atoms with E-state index in [9.17, 15) is 27.6 Å². The minimum absolute atomic E-state index is 0.0439. The Hall–Kier alpha value is -5.18. The van der Waals surface area contributed by atoms with E-state index in [0.717, 1.165) is 17.7 Å². The number of nitrogens with one attached hydrogen (secondary N) is 2. The Balaban J connectivity index is 1.34. The molecular weight excluding hydrogens is 611 g/mol. The van der Waals surface area contributed by atoms with E-state index in [1.807, 2.05) is 38.1 Å². The van der Waals surface area contributed by atoms with Crippen molar-refractivity contribution in [3.63, 3.8) is 0 Å². The average Bonchev–Trinajstić information content (AvgIpc) is 3.55. The van der Waals surface area contributed by atoms with Gasteiger partial charge < -0.3 is 10.1 Å². The summed E-state index contributed by atoms with van der Waals surface area (Å²) in [5, 5.41) is 9.93. The SMILES string of the molecule is CC(=O)Nc1nc(-c2ccc(NC(=O)N=C3SCC(=O)N3c3ccccc3C(C)C)cc2)nn1-c1ccc(OC(F)(F)F)cc1. The van der Waals surface area contributed by atoms with Gasteiger partial charge in [0.25, 0.3) is 0 Å². The van der Waals surface area contributed by atoms with Crippen LogP contribution in [0.15, 0.2) is 77.8 Å². The molecule has 5 rings (SSSR count). The second-order valence-electron chi connectivity index (χ2n) is 10.0. The molecule has 0 saturated carbocycles. The predicted molar refractivity (Wildman–Crippen MR) is 165 cm³/mol. The molecule has 4 amide bonds. The van der Waals surface area contributed by atoms with Gasteiger partial charge in [-0.05, 0) is 66.1 Å². The molecule has 232 valence electrons. The lowest BCUT2D eigenvalue weighted by atomic mass is 10.0. The van der Waals surface area contributed by atoms with Gasteiger partial charge in [0.15, 0.2) is 11.0 Å². The van der Waals surface area contributed by atoms with E-state index in [-0.39, 0.29) is 34.5 Å². The van der Waals surface area contributed by atoms with Crippen molar-refractivity contribution < 1.29 is 32.3 Å². The van der Waals surface area contributed by atoms with Crippen LogP contribution in [-0.4, -0.2) is 49.9 Å². The average molecular weight is 638 g/mol. The van der Waals surface area contributed by atoms with Crippen LogP contribution in [0.2, 0.25) is 0 Å². The maximum absolute atomic E-state index is 12.8. The number of para-hydroxylation sites is 1. The molecule has 1 saturated heterocycles. The molecule has 1 aliphatic rings. The summed E-state index contributed by atoms with van der Waals surface area (Å²) in [7, 11) is 0. The highest BCUT2D eigenvalue weighted by atomic mass is 32.2. The molecule has 0 aliphatic carbocycles. The van der Waals surface area contributed by atoms with Crippen LogP contribution in [-0.2, 0) is 9.59 Å². The number of urea groups is 1. The van der Waals surface area contributed by atoms with Crippen molar-refractivity contribution in [3.05, 3.63) is 78.4 Å². The van der Waals surface area contributed by atoms with E-state index in [4.69, 9.17) is 0 Å². The third-order valence-corrected chi connectivity index (χ3v) is 7.29. The number of amidine groups is 1. The summed E-state index contributed by atoms with van der Waals surface area (Å²) in [6.07, 6.45) is -4.84. The van der Waals surface area contributed by atoms with Crippen LogP contribution in [0.5, 0.6) is 5.75 Å². The first-order valence-electron chi connectivity index (χ1n) is 13.5. The van der Waals surface area contributed by atoms with Crippen LogP contribution in [0.4, 0.5) is 35.3 Å². The Kier molecular flexibility index (Phi) is 8.90. The number of hydrogen-bond donors (Lipinski definition) is 2. The van der Waals surface area contributed by atoms with Crippen LogP contribution < -0.4 is 20.3 Å². The quantitative estimate of drug-likeness (QED) is 0.234. The van der Waals surface area contributed by atoms with E-state index in [1.54, 1.807) is 24.3 Å². The first-order chi connectivity index (χ1) is 21.4. The fraction of sp³-hybridized carbons (Fsp3) is 0.200. The number of ether oxygens (including phenoxy) is 1. The van der Waals surface area contributed by atoms with E-state index < -0.39 is 24.1 Å². The molecule has 0 unspecified atom stereocenters. The van der Waals surface area contributed by atoms with Crippen molar-refractivity contribution in [2.45, 2.75) is 33.1 Å². The number of thioether (sulfide) groups is 1. The minimum Gasteiger partial charge on any atom is -0.406 e. The molecule has 3 aromatic carbocycles. The number of anilines is 3. The molecular formula is C30H26F3N7O4S. The monoisotopic (exact) mass is 637 g/mol. The van der Waals surface area contributed by atoms with E-state index >= 15 is 0 Å². The largest absolute Gasteiger partial charge is 0.573 e. The first kappa shape index (κ1) is 31.3. The number of amides is 4. The second-order valence-corrected chi connectivity index (χ2v) is 11.0. The number of alkyl halides is 3. The Morgan fingerprint density at radius 1 is 1.00 bits per heavy atom. The summed E-state index contributed by atoms with van der Waals surface area (Å²) < 4.78 is 42.8. The number of halogens is 3. The summed E-state index contributed by atoms with van der Waals surface area (Å²) >= 11 is 1.18. The van der Waals surface area contributed by atoms with Gasteiger partial charge in [0, 0.05) is 18.2 Å². The number of rotatable bonds is 7. The van der Waals surface area contributed by atoms with Gasteiger partial charge in [-0.3, -0.25) is 19.8 Å². The Morgan fingerprint density at radius 3 is 2.33 bits per heavy atom. The fourth-order valence-electron chi connectivity index (χ4n) is 4.44. The van der Waals surface area contributed by atoms with Crippen LogP contribution >= 0.6 is 11.8 Å². The lowest BCUT2D eigenvalue weighted by Crippen LogP contribution is -2.31. The van der Waals surface area contributed by atoms with E-state index in [1.165, 1.54) is 40.4 Å². The van der Waals surface area contributed by atoms with Crippen molar-refractivity contribution in [2.75, 3.05) is 21.3 Å². The number of nitrogens with zero attached hydrogens (tertiary/aromatic N) is 5. The molecule has 2 heterocycles. The summed E-state index contributed by atoms with van der Waals surface area (Å²) in [5.41, 5.74) is 2.91. The third-order valence-electron chi connectivity index (χ3n) is 6.37. The zero-order valence-electron chi connectivity index (χ0n) is 24.1. The zero-order valence-corrected chi connectivity index (χ0v) is 24.9. The number of aliphatic imine (C=N–C) groups is 1. The van der Waals surface area contributed by atoms with Crippen LogP contribution in [0.1, 0.15) is 32.3 Å². The number of carbonyl (C=O) groups excluding carboxylic acids is 3. The molecule has 1 aromatic heterocycles. The molecule has 11 nitrogen and oxygen atoms in total. The Labute approximate surface area is 259 Å². The molecule has 0 radical (unpaired) electrons. The van der Waals surface area contributed by atoms with Gasteiger partial charge in [-0.1, -0.05) is 43.8 Å². The van der Waals surface area contributed by atoms with Gasteiger partial charge in [-0.25, -0.2) is 4.79 Å². The van der Waals surface area contributed by atoms with Gasteiger partial charge in [-0.2, -0.15) is 14.7 Å². The highest BCUT2D eigenvalue weighted by molar-refractivity contribution is 8.15. The van der Waals surface area contributed by atoms with E-state index in [0.29, 0.717) is 22.6 Å². The summed E-state index contributed by atoms with van der Waals surface area (Å²) in [6, 6.07) is 18.2. The van der Waals surface area contributed by atoms with Crippen molar-refractivity contribution in [2.24, 2.45) is 4.99 Å². The standard InChI is InChI=1S/C30H26F3N7O4S/c1-17(2)23-6-4-5-7-24(23)39-25(42)16-45-29(39)37-28(43)35-20-10-8-19(9-11-20)26-36-27(34-18(3)41)40(38-26)21-12-14-22(15-13-21)44-30(31,32)33/h4-15,17H,16H2,1-3H3,(H,35,43)(H,34,36,38,41). The first-order valence-corrected chi connectivity index (χ1v) is 14.5. The van der Waals surface area contributed by atoms with Gasteiger partial charge in [0.1, 0.15) is 5.75 Å². The summed E-state index contributed by atoms with van der Waals surface area (Å²) in [4.78, 5) is 47.3. The maximum atomic E-state index is 12.8. The number of benzene rings is 3. The van der Waals surface area contributed by atoms with Crippen molar-refractivity contribution >= 4 is 52.1 Å². The third kappa shape index (κ3) is 7.49. The van der Waals surface area contributed by atoms with E-state index in [2.05, 4.69) is 30.4 Å². The van der Waals surface area contributed by atoms with Crippen molar-refractivity contribution in [1.29, 1.82) is 0 Å². The molecule has 0 spiro atoms. The normalized spacial score (nSPS) is 14.2. The van der Waals surface area contributed by atoms with Crippen molar-refractivity contribution in [3.8, 4) is 22.8 Å². The lowest BCUT2D eigenvalue weighted by molar-refractivity contribution is -0.274. The maximum Gasteiger partial charge on any atom is 0.573 e. The molecule has 1 aliphatic heterocycles. The molecule has 0 bridgehead atoms. The smallest absolute Gasteiger partial charge is 0.406 e. The molecule has 45 heavy (non-hydrogen) atoms. The topological polar surface area (TPSA) is 131 Å². The number of hydrogen-bond acceptors (Lipinski definition) is 7. The van der Waals surface area contributed by atoms with Crippen molar-refractivity contribution in [1.82, 2.24) is 14.8 Å². The predicted octanol–water partition coefficient (Wildman–Crippen LogP) is 6.58. The fourth-order valence-corrected chi connectivity index (χ4v) is 5.30. The van der Waals surface area contributed by atoms with Crippen LogP contribution in [0.3, 0.4) is 0 Å². The lowest BCUT2D eigenvalue weighted by Gasteiger charge is -2.21. The molecule has 1 fully saturated rings. The van der Waals surface area contributed by atoms with Gasteiger partial charge >= 0.3 is 12.4 Å². The molecule has 4 aromatic rings. The zero-order chi connectivity index (χ0) is 32.3. The highest BCUT2D eigenvalue weighted by Gasteiger charge is 2.32. The van der Waals surface area contributed by atoms with Crippen LogP contribution in [0, 0.1) is 0 Å². The van der Waals surface area contributed by atoms with Gasteiger partial charge in [0.05, 0.1) is 17.1 Å². The summed E-state index contributed by atoms with van der Waals surface area (Å²) in [6.45, 7) is 5.32. The highest BCUT2D eigenvalue weighted by Crippen LogP contribution is 2.33. The molecule has 2 N–H and O–H groups in total. The Bertz CT molecular complexity index is 1770. The molecule has 15 heteroatoms. The second kappa shape index (κ2) is 12.8. The van der Waals surface area contributed by atoms with Gasteiger partial charge in [0.2, 0.25) is 17.8 Å². The van der Waals surface area contributed by atoms with Gasteiger partial charge in [-0.15, -0.1) is 18.3 Å². The van der Waals surface area contributed by atoms with Crippen LogP contribution in [0.25, 0.3) is 17.1 Å². The number of aromatic nitrogens is 3. The summed E-state index contributed by atoms with van der Waals surface area (Å²) in [5.74, 6) is -0.446. The Morgan fingerprint density at radius 2 is 1.69 bits per heavy atom. The number of carbonyl (C=O) groups is 3. The minimum atomic E-state index is -4.84.